The van der Waals surface area contributed by atoms with Crippen LogP contribution in [-0.4, -0.2) is 33.8 Å². The van der Waals surface area contributed by atoms with Gasteiger partial charge in [0.05, 0.1) is 5.75 Å². The van der Waals surface area contributed by atoms with Gasteiger partial charge in [0.25, 0.3) is 0 Å². The van der Waals surface area contributed by atoms with Crippen LogP contribution in [-0.2, 0) is 10.0 Å². The largest absolute Gasteiger partial charge is 0.315 e. The van der Waals surface area contributed by atoms with E-state index in [1.165, 1.54) is 0 Å². The first kappa shape index (κ1) is 15.9. The molecular weight excluding hydrogens is 224 g/mol. The van der Waals surface area contributed by atoms with Crippen LogP contribution in [0.4, 0.5) is 0 Å². The number of hydrogen-bond donors (Lipinski definition) is 2. The maximum absolute atomic E-state index is 11.6. The second-order valence-corrected chi connectivity index (χ2v) is 7.20. The van der Waals surface area contributed by atoms with Crippen molar-refractivity contribution in [3.8, 4) is 0 Å². The maximum Gasteiger partial charge on any atom is 0.211 e. The highest BCUT2D eigenvalue weighted by molar-refractivity contribution is 7.89. The topological polar surface area (TPSA) is 58.2 Å². The van der Waals surface area contributed by atoms with Crippen LogP contribution in [0.25, 0.3) is 0 Å². The molecule has 0 saturated heterocycles. The lowest BCUT2D eigenvalue weighted by Gasteiger charge is -2.17. The predicted octanol–water partition coefficient (Wildman–Crippen LogP) is 1.34. The van der Waals surface area contributed by atoms with E-state index >= 15 is 0 Å². The first-order valence-corrected chi connectivity index (χ1v) is 7.60. The minimum absolute atomic E-state index is 0.0647. The highest BCUT2D eigenvalue weighted by Crippen LogP contribution is 2.18. The Labute approximate surface area is 100 Å². The Morgan fingerprint density at radius 2 is 1.69 bits per heavy atom. The van der Waals surface area contributed by atoms with Crippen LogP contribution in [0, 0.1) is 5.41 Å². The molecule has 0 unspecified atom stereocenters. The van der Waals surface area contributed by atoms with Gasteiger partial charge in [-0.2, -0.15) is 0 Å². The van der Waals surface area contributed by atoms with E-state index in [1.54, 1.807) is 0 Å². The standard InChI is InChI=1S/C11H26N2O2S/c1-5-7-12-8-9-13-16(14,15)10-6-11(2,3)4/h12-13H,5-10H2,1-4H3. The van der Waals surface area contributed by atoms with E-state index < -0.39 is 10.0 Å². The summed E-state index contributed by atoms with van der Waals surface area (Å²) in [6.45, 7) is 10.3. The quantitative estimate of drug-likeness (QED) is 0.639. The van der Waals surface area contributed by atoms with Crippen LogP contribution in [0.5, 0.6) is 0 Å². The van der Waals surface area contributed by atoms with E-state index in [4.69, 9.17) is 0 Å². The van der Waals surface area contributed by atoms with E-state index in [9.17, 15) is 8.42 Å². The Morgan fingerprint density at radius 3 is 2.19 bits per heavy atom. The Kier molecular flexibility index (Phi) is 7.19. The molecule has 0 heterocycles. The van der Waals surface area contributed by atoms with E-state index in [2.05, 4.69) is 17.0 Å². The van der Waals surface area contributed by atoms with Gasteiger partial charge in [0.15, 0.2) is 0 Å². The van der Waals surface area contributed by atoms with E-state index in [0.29, 0.717) is 19.5 Å². The summed E-state index contributed by atoms with van der Waals surface area (Å²) < 4.78 is 25.7. The van der Waals surface area contributed by atoms with Gasteiger partial charge >= 0.3 is 0 Å². The van der Waals surface area contributed by atoms with Crippen LogP contribution in [0.15, 0.2) is 0 Å². The highest BCUT2D eigenvalue weighted by Gasteiger charge is 2.16. The first-order chi connectivity index (χ1) is 7.27. The Hall–Kier alpha value is -0.130. The molecule has 0 aromatic carbocycles. The summed E-state index contributed by atoms with van der Waals surface area (Å²) in [5.74, 6) is 0.213. The molecule has 2 N–H and O–H groups in total. The molecule has 98 valence electrons. The summed E-state index contributed by atoms with van der Waals surface area (Å²) in [6.07, 6.45) is 1.75. The molecule has 0 rings (SSSR count). The molecule has 4 nitrogen and oxygen atoms in total. The van der Waals surface area contributed by atoms with Gasteiger partial charge in [0.2, 0.25) is 10.0 Å². The minimum atomic E-state index is -3.09. The van der Waals surface area contributed by atoms with Crippen molar-refractivity contribution in [2.75, 3.05) is 25.4 Å². The molecule has 0 spiro atoms. The Morgan fingerprint density at radius 1 is 1.06 bits per heavy atom. The second-order valence-electron chi connectivity index (χ2n) is 5.27. The van der Waals surface area contributed by atoms with Crippen LogP contribution in [0.1, 0.15) is 40.5 Å². The lowest BCUT2D eigenvalue weighted by atomic mass is 9.94. The third-order valence-electron chi connectivity index (χ3n) is 2.17. The molecule has 0 aromatic heterocycles. The molecule has 0 aliphatic carbocycles. The minimum Gasteiger partial charge on any atom is -0.315 e. The molecule has 0 fully saturated rings. The van der Waals surface area contributed by atoms with Crippen molar-refractivity contribution in [2.24, 2.45) is 5.41 Å². The van der Waals surface area contributed by atoms with Gasteiger partial charge in [-0.05, 0) is 24.8 Å². The van der Waals surface area contributed by atoms with Gasteiger partial charge in [-0.1, -0.05) is 27.7 Å². The van der Waals surface area contributed by atoms with Gasteiger partial charge in [-0.3, -0.25) is 0 Å². The molecule has 0 aromatic rings. The van der Waals surface area contributed by atoms with Gasteiger partial charge in [0.1, 0.15) is 0 Å². The molecule has 0 aliphatic rings. The van der Waals surface area contributed by atoms with Crippen molar-refractivity contribution >= 4 is 10.0 Å². The smallest absolute Gasteiger partial charge is 0.211 e. The normalized spacial score (nSPS) is 13.0. The SMILES string of the molecule is CCCNCCNS(=O)(=O)CCC(C)(C)C. The van der Waals surface area contributed by atoms with Crippen molar-refractivity contribution in [3.05, 3.63) is 0 Å². The van der Waals surface area contributed by atoms with Crippen LogP contribution in [0.3, 0.4) is 0 Å². The summed E-state index contributed by atoms with van der Waals surface area (Å²) in [7, 11) is -3.09. The molecule has 16 heavy (non-hydrogen) atoms. The third kappa shape index (κ3) is 10.4. The molecule has 0 atom stereocenters. The average Bonchev–Trinajstić information content (AvgIpc) is 2.14. The van der Waals surface area contributed by atoms with Crippen molar-refractivity contribution in [1.29, 1.82) is 0 Å². The Balaban J connectivity index is 3.71. The number of sulfonamides is 1. The molecule has 0 radical (unpaired) electrons. The molecule has 0 bridgehead atoms. The summed E-state index contributed by atoms with van der Waals surface area (Å²) in [4.78, 5) is 0. The predicted molar refractivity (Wildman–Crippen MR) is 69.0 cm³/mol. The van der Waals surface area contributed by atoms with Crippen LogP contribution < -0.4 is 10.0 Å². The Bertz CT molecular complexity index is 268. The van der Waals surface area contributed by atoms with Crippen molar-refractivity contribution in [1.82, 2.24) is 10.0 Å². The zero-order valence-electron chi connectivity index (χ0n) is 11.0. The number of rotatable bonds is 8. The summed E-state index contributed by atoms with van der Waals surface area (Å²) in [5.41, 5.74) is 0.0647. The average molecular weight is 250 g/mol. The molecule has 5 heteroatoms. The fourth-order valence-corrected chi connectivity index (χ4v) is 2.55. The third-order valence-corrected chi connectivity index (χ3v) is 3.56. The van der Waals surface area contributed by atoms with E-state index in [0.717, 1.165) is 13.0 Å². The van der Waals surface area contributed by atoms with Crippen molar-refractivity contribution < 1.29 is 8.42 Å². The fraction of sp³-hybridized carbons (Fsp3) is 1.00. The monoisotopic (exact) mass is 250 g/mol. The lowest BCUT2D eigenvalue weighted by molar-refractivity contribution is 0.396. The molecular formula is C11H26N2O2S. The van der Waals surface area contributed by atoms with E-state index in [-0.39, 0.29) is 11.2 Å². The van der Waals surface area contributed by atoms with E-state index in [1.807, 2.05) is 20.8 Å². The molecule has 0 aliphatic heterocycles. The van der Waals surface area contributed by atoms with Gasteiger partial charge in [-0.25, -0.2) is 13.1 Å². The lowest BCUT2D eigenvalue weighted by Crippen LogP contribution is -2.34. The van der Waals surface area contributed by atoms with Crippen LogP contribution >= 0.6 is 0 Å². The number of nitrogens with one attached hydrogen (secondary N) is 2. The fourth-order valence-electron chi connectivity index (χ4n) is 1.11. The van der Waals surface area contributed by atoms with Crippen LogP contribution in [0.2, 0.25) is 0 Å². The zero-order valence-corrected chi connectivity index (χ0v) is 11.8. The van der Waals surface area contributed by atoms with Gasteiger partial charge < -0.3 is 5.32 Å². The summed E-state index contributed by atoms with van der Waals surface area (Å²) in [6, 6.07) is 0. The second kappa shape index (κ2) is 7.25. The van der Waals surface area contributed by atoms with Crippen molar-refractivity contribution in [2.45, 2.75) is 40.5 Å². The maximum atomic E-state index is 11.6. The molecule has 0 amide bonds. The van der Waals surface area contributed by atoms with Gasteiger partial charge in [-0.15, -0.1) is 0 Å². The zero-order chi connectivity index (χ0) is 12.7. The summed E-state index contributed by atoms with van der Waals surface area (Å²) in [5, 5.41) is 3.15. The molecule has 0 saturated carbocycles. The van der Waals surface area contributed by atoms with Gasteiger partial charge in [0, 0.05) is 13.1 Å². The summed E-state index contributed by atoms with van der Waals surface area (Å²) >= 11 is 0. The first-order valence-electron chi connectivity index (χ1n) is 5.95. The highest BCUT2D eigenvalue weighted by atomic mass is 32.2. The number of hydrogen-bond acceptors (Lipinski definition) is 3. The van der Waals surface area contributed by atoms with Crippen molar-refractivity contribution in [3.63, 3.8) is 0 Å².